The number of hydrogen-bond acceptors (Lipinski definition) is 4. The molecule has 0 aliphatic heterocycles. The van der Waals surface area contributed by atoms with E-state index in [4.69, 9.17) is 10.5 Å². The predicted molar refractivity (Wildman–Crippen MR) is 86.9 cm³/mol. The van der Waals surface area contributed by atoms with E-state index in [2.05, 4.69) is 0 Å². The molecule has 5 heteroatoms. The summed E-state index contributed by atoms with van der Waals surface area (Å²) >= 11 is 0. The maximum Gasteiger partial charge on any atom is 0.255 e. The molecule has 1 aromatic carbocycles. The monoisotopic (exact) mass is 302 g/mol. The summed E-state index contributed by atoms with van der Waals surface area (Å²) in [5, 5.41) is 9.21. The molecule has 2 aromatic rings. The molecular formula is C17H22N2O3. The Balaban J connectivity index is 2.43. The van der Waals surface area contributed by atoms with E-state index in [9.17, 15) is 9.90 Å². The molecule has 0 fully saturated rings. The summed E-state index contributed by atoms with van der Waals surface area (Å²) in [4.78, 5) is 12.3. The van der Waals surface area contributed by atoms with Crippen LogP contribution in [0.15, 0.2) is 41.2 Å². The lowest BCUT2D eigenvalue weighted by Gasteiger charge is -2.14. The van der Waals surface area contributed by atoms with Crippen LogP contribution in [0.5, 0.6) is 5.75 Å². The van der Waals surface area contributed by atoms with Gasteiger partial charge in [-0.2, -0.15) is 0 Å². The fourth-order valence-corrected chi connectivity index (χ4v) is 2.33. The quantitative estimate of drug-likeness (QED) is 0.852. The summed E-state index contributed by atoms with van der Waals surface area (Å²) in [6.07, 6.45) is 0.113. The molecule has 5 nitrogen and oxygen atoms in total. The number of benzene rings is 1. The Morgan fingerprint density at radius 3 is 2.41 bits per heavy atom. The first-order valence-electron chi connectivity index (χ1n) is 7.37. The van der Waals surface area contributed by atoms with Crippen molar-refractivity contribution in [3.05, 3.63) is 52.3 Å². The zero-order valence-electron chi connectivity index (χ0n) is 13.0. The van der Waals surface area contributed by atoms with Crippen molar-refractivity contribution in [3.8, 4) is 17.0 Å². The van der Waals surface area contributed by atoms with Gasteiger partial charge in [0.05, 0.1) is 18.4 Å². The smallest absolute Gasteiger partial charge is 0.255 e. The molecule has 0 atom stereocenters. The number of nitrogens with zero attached hydrogens (tertiary/aromatic N) is 1. The van der Waals surface area contributed by atoms with Gasteiger partial charge in [-0.3, -0.25) is 4.79 Å². The first kappa shape index (κ1) is 16.3. The summed E-state index contributed by atoms with van der Waals surface area (Å²) in [5.74, 6) is 0.786. The van der Waals surface area contributed by atoms with E-state index in [0.717, 1.165) is 17.0 Å². The number of ether oxygens (including phenoxy) is 1. The molecule has 0 amide bonds. The van der Waals surface area contributed by atoms with E-state index in [0.29, 0.717) is 5.56 Å². The van der Waals surface area contributed by atoms with Crippen molar-refractivity contribution in [2.45, 2.75) is 33.0 Å². The second-order valence-electron chi connectivity index (χ2n) is 5.32. The molecule has 0 unspecified atom stereocenters. The topological polar surface area (TPSA) is 77.5 Å². The molecule has 2 rings (SSSR count). The van der Waals surface area contributed by atoms with E-state index in [1.807, 2.05) is 44.2 Å². The van der Waals surface area contributed by atoms with Crippen LogP contribution < -0.4 is 16.0 Å². The number of nitrogens with two attached hydrogens (primary N) is 1. The van der Waals surface area contributed by atoms with Gasteiger partial charge in [0.25, 0.3) is 5.56 Å². The standard InChI is InChI=1S/C17H22N2O3/c1-12(2)22-15-6-3-13(4-7-15)16-8-5-14(11-18)17(21)19(16)9-10-20/h3-8,12,20H,9-11,18H2,1-2H3. The van der Waals surface area contributed by atoms with Gasteiger partial charge in [0, 0.05) is 18.7 Å². The minimum Gasteiger partial charge on any atom is -0.491 e. The van der Waals surface area contributed by atoms with Crippen LogP contribution in [0.4, 0.5) is 0 Å². The molecule has 0 bridgehead atoms. The van der Waals surface area contributed by atoms with Crippen LogP contribution in [0.2, 0.25) is 0 Å². The SMILES string of the molecule is CC(C)Oc1ccc(-c2ccc(CN)c(=O)n2CCO)cc1. The van der Waals surface area contributed by atoms with Crippen molar-refractivity contribution >= 4 is 0 Å². The van der Waals surface area contributed by atoms with Crippen LogP contribution >= 0.6 is 0 Å². The van der Waals surface area contributed by atoms with E-state index >= 15 is 0 Å². The van der Waals surface area contributed by atoms with Gasteiger partial charge >= 0.3 is 0 Å². The molecule has 3 N–H and O–H groups in total. The normalized spacial score (nSPS) is 11.0. The lowest BCUT2D eigenvalue weighted by atomic mass is 10.1. The van der Waals surface area contributed by atoms with Crippen LogP contribution in [0.3, 0.4) is 0 Å². The van der Waals surface area contributed by atoms with Crippen LogP contribution in [0.1, 0.15) is 19.4 Å². The Morgan fingerprint density at radius 1 is 1.18 bits per heavy atom. The van der Waals surface area contributed by atoms with E-state index in [-0.39, 0.29) is 31.4 Å². The Bertz CT molecular complexity index is 675. The predicted octanol–water partition coefficient (Wildman–Crippen LogP) is 1.75. The molecule has 0 aliphatic rings. The van der Waals surface area contributed by atoms with Gasteiger partial charge in [0.15, 0.2) is 0 Å². The highest BCUT2D eigenvalue weighted by atomic mass is 16.5. The maximum absolute atomic E-state index is 12.3. The molecule has 118 valence electrons. The van der Waals surface area contributed by atoms with E-state index in [1.165, 1.54) is 0 Å². The average molecular weight is 302 g/mol. The summed E-state index contributed by atoms with van der Waals surface area (Å²) in [6, 6.07) is 11.2. The lowest BCUT2D eigenvalue weighted by molar-refractivity contribution is 0.242. The molecule has 22 heavy (non-hydrogen) atoms. The zero-order chi connectivity index (χ0) is 16.1. The molecule has 0 spiro atoms. The molecule has 0 saturated carbocycles. The third-order valence-corrected chi connectivity index (χ3v) is 3.32. The van der Waals surface area contributed by atoms with Gasteiger partial charge in [-0.1, -0.05) is 6.07 Å². The lowest BCUT2D eigenvalue weighted by Crippen LogP contribution is -2.27. The van der Waals surface area contributed by atoms with E-state index < -0.39 is 0 Å². The van der Waals surface area contributed by atoms with Crippen LogP contribution in [-0.4, -0.2) is 22.4 Å². The number of hydrogen-bond donors (Lipinski definition) is 2. The van der Waals surface area contributed by atoms with Crippen molar-refractivity contribution < 1.29 is 9.84 Å². The van der Waals surface area contributed by atoms with Crippen molar-refractivity contribution in [2.75, 3.05) is 6.61 Å². The third kappa shape index (κ3) is 3.55. The number of aliphatic hydroxyl groups excluding tert-OH is 1. The Labute approximate surface area is 130 Å². The van der Waals surface area contributed by atoms with E-state index in [1.54, 1.807) is 10.6 Å². The minimum absolute atomic E-state index is 0.102. The second-order valence-corrected chi connectivity index (χ2v) is 5.32. The zero-order valence-corrected chi connectivity index (χ0v) is 13.0. The summed E-state index contributed by atoms with van der Waals surface area (Å²) in [5.41, 5.74) is 7.61. The number of pyridine rings is 1. The van der Waals surface area contributed by atoms with Gasteiger partial charge in [-0.15, -0.1) is 0 Å². The Morgan fingerprint density at radius 2 is 1.86 bits per heavy atom. The number of aromatic nitrogens is 1. The largest absolute Gasteiger partial charge is 0.491 e. The maximum atomic E-state index is 12.3. The Kier molecular flexibility index (Phi) is 5.35. The second kappa shape index (κ2) is 7.24. The van der Waals surface area contributed by atoms with Gasteiger partial charge < -0.3 is 20.1 Å². The first-order chi connectivity index (χ1) is 10.6. The van der Waals surface area contributed by atoms with Gasteiger partial charge in [-0.25, -0.2) is 0 Å². The molecule has 1 aromatic heterocycles. The first-order valence-corrected chi connectivity index (χ1v) is 7.37. The fourth-order valence-electron chi connectivity index (χ4n) is 2.33. The van der Waals surface area contributed by atoms with Crippen molar-refractivity contribution in [1.82, 2.24) is 4.57 Å². The summed E-state index contributed by atoms with van der Waals surface area (Å²) < 4.78 is 7.17. The fraction of sp³-hybridized carbons (Fsp3) is 0.353. The van der Waals surface area contributed by atoms with Gasteiger partial charge in [0.1, 0.15) is 5.75 Å². The highest BCUT2D eigenvalue weighted by Gasteiger charge is 2.10. The van der Waals surface area contributed by atoms with Crippen LogP contribution in [-0.2, 0) is 13.1 Å². The van der Waals surface area contributed by atoms with Crippen LogP contribution in [0.25, 0.3) is 11.3 Å². The average Bonchev–Trinajstić information content (AvgIpc) is 2.50. The van der Waals surface area contributed by atoms with Crippen molar-refractivity contribution in [3.63, 3.8) is 0 Å². The third-order valence-electron chi connectivity index (χ3n) is 3.32. The summed E-state index contributed by atoms with van der Waals surface area (Å²) in [7, 11) is 0. The summed E-state index contributed by atoms with van der Waals surface area (Å²) in [6.45, 7) is 4.27. The molecule has 1 heterocycles. The Hall–Kier alpha value is -2.11. The van der Waals surface area contributed by atoms with Crippen molar-refractivity contribution in [1.29, 1.82) is 0 Å². The highest BCUT2D eigenvalue weighted by molar-refractivity contribution is 5.61. The van der Waals surface area contributed by atoms with Gasteiger partial charge in [0.2, 0.25) is 0 Å². The molecule has 0 aliphatic carbocycles. The van der Waals surface area contributed by atoms with Gasteiger partial charge in [-0.05, 0) is 49.7 Å². The number of rotatable bonds is 6. The highest BCUT2D eigenvalue weighted by Crippen LogP contribution is 2.22. The molecular weight excluding hydrogens is 280 g/mol. The molecule has 0 radical (unpaired) electrons. The van der Waals surface area contributed by atoms with Crippen molar-refractivity contribution in [2.24, 2.45) is 5.73 Å². The molecule has 0 saturated heterocycles. The number of aliphatic hydroxyl groups is 1. The van der Waals surface area contributed by atoms with Crippen LogP contribution in [0, 0.1) is 0 Å². The minimum atomic E-state index is -0.156.